The molecule has 2 aromatic heterocycles. The van der Waals surface area contributed by atoms with E-state index in [1.807, 2.05) is 35.0 Å². The number of rotatable bonds is 7. The van der Waals surface area contributed by atoms with Gasteiger partial charge in [-0.15, -0.1) is 0 Å². The minimum absolute atomic E-state index is 0.136. The molecule has 1 fully saturated rings. The Balaban J connectivity index is 1.64. The van der Waals surface area contributed by atoms with Crippen LogP contribution in [-0.4, -0.2) is 27.5 Å². The predicted octanol–water partition coefficient (Wildman–Crippen LogP) is 4.58. The molecule has 0 radical (unpaired) electrons. The first-order valence-corrected chi connectivity index (χ1v) is 10.0. The molecule has 3 aromatic rings. The van der Waals surface area contributed by atoms with Gasteiger partial charge in [-0.25, -0.2) is 0 Å². The second-order valence-electron chi connectivity index (χ2n) is 7.31. The molecular weight excluding hydrogens is 366 g/mol. The molecule has 1 aromatic carbocycles. The van der Waals surface area contributed by atoms with E-state index in [2.05, 4.69) is 20.5 Å². The quantitative estimate of drug-likeness (QED) is 0.405. The van der Waals surface area contributed by atoms with Crippen molar-refractivity contribution in [1.82, 2.24) is 14.8 Å². The minimum Gasteiger partial charge on any atom is -0.338 e. The lowest BCUT2D eigenvalue weighted by molar-refractivity contribution is 0.338. The van der Waals surface area contributed by atoms with Crippen molar-refractivity contribution in [3.05, 3.63) is 52.4 Å². The third kappa shape index (κ3) is 4.26. The fourth-order valence-electron chi connectivity index (χ4n) is 3.91. The first-order chi connectivity index (χ1) is 14.3. The van der Waals surface area contributed by atoms with E-state index in [0.717, 1.165) is 29.6 Å². The van der Waals surface area contributed by atoms with Gasteiger partial charge >= 0.3 is 0 Å². The molecule has 8 nitrogen and oxygen atoms in total. The maximum Gasteiger partial charge on any atom is 0.261 e. The first-order valence-electron chi connectivity index (χ1n) is 10.0. The van der Waals surface area contributed by atoms with E-state index in [1.54, 1.807) is 6.20 Å². The van der Waals surface area contributed by atoms with Gasteiger partial charge in [0.05, 0.1) is 24.6 Å². The van der Waals surface area contributed by atoms with Crippen LogP contribution in [0.2, 0.25) is 0 Å². The number of fused-ring (bicyclic) bond motifs is 1. The lowest BCUT2D eigenvalue weighted by atomic mass is 9.95. The number of hydrogen-bond acceptors (Lipinski definition) is 6. The van der Waals surface area contributed by atoms with Gasteiger partial charge in [0.25, 0.3) is 5.56 Å². The van der Waals surface area contributed by atoms with Crippen LogP contribution in [0.1, 0.15) is 43.7 Å². The van der Waals surface area contributed by atoms with E-state index < -0.39 is 0 Å². The molecule has 0 unspecified atom stereocenters. The van der Waals surface area contributed by atoms with Gasteiger partial charge in [-0.1, -0.05) is 31.4 Å². The van der Waals surface area contributed by atoms with Crippen molar-refractivity contribution in [1.29, 1.82) is 5.41 Å². The third-order valence-electron chi connectivity index (χ3n) is 5.27. The van der Waals surface area contributed by atoms with Crippen LogP contribution in [0.4, 0.5) is 11.5 Å². The minimum atomic E-state index is -0.136. The number of pyridine rings is 1. The number of H-pyrrole nitrogens is 1. The van der Waals surface area contributed by atoms with Gasteiger partial charge in [0.1, 0.15) is 5.39 Å². The summed E-state index contributed by atoms with van der Waals surface area (Å²) < 4.78 is 2.03. The van der Waals surface area contributed by atoms with E-state index >= 15 is 0 Å². The molecule has 8 heteroatoms. The number of aromatic amines is 1. The van der Waals surface area contributed by atoms with Crippen LogP contribution in [0.5, 0.6) is 0 Å². The SMILES string of the molecule is N=CCN=NCc1cccc(Nc2nn(C3CCCCC3)c3cc[nH]c(=O)c23)c1. The molecule has 0 spiro atoms. The summed E-state index contributed by atoms with van der Waals surface area (Å²) in [5.41, 5.74) is 2.58. The third-order valence-corrected chi connectivity index (χ3v) is 5.27. The highest BCUT2D eigenvalue weighted by atomic mass is 16.1. The molecule has 0 aliphatic heterocycles. The Morgan fingerprint density at radius 1 is 1.24 bits per heavy atom. The molecule has 2 heterocycles. The fourth-order valence-corrected chi connectivity index (χ4v) is 3.91. The average molecular weight is 391 g/mol. The maximum absolute atomic E-state index is 12.6. The summed E-state index contributed by atoms with van der Waals surface area (Å²) in [7, 11) is 0. The van der Waals surface area contributed by atoms with Crippen molar-refractivity contribution in [2.75, 3.05) is 11.9 Å². The predicted molar refractivity (Wildman–Crippen MR) is 114 cm³/mol. The summed E-state index contributed by atoms with van der Waals surface area (Å²) in [6.07, 6.45) is 8.77. The zero-order valence-corrected chi connectivity index (χ0v) is 16.3. The second kappa shape index (κ2) is 8.81. The molecule has 3 N–H and O–H groups in total. The molecule has 0 atom stereocenters. The zero-order valence-electron chi connectivity index (χ0n) is 16.3. The average Bonchev–Trinajstić information content (AvgIpc) is 3.12. The Hall–Kier alpha value is -3.29. The molecule has 29 heavy (non-hydrogen) atoms. The van der Waals surface area contributed by atoms with E-state index in [9.17, 15) is 4.79 Å². The lowest BCUT2D eigenvalue weighted by Gasteiger charge is -2.22. The van der Waals surface area contributed by atoms with Gasteiger partial charge < -0.3 is 15.7 Å². The van der Waals surface area contributed by atoms with Crippen molar-refractivity contribution >= 4 is 28.6 Å². The van der Waals surface area contributed by atoms with Crippen LogP contribution < -0.4 is 10.9 Å². The van der Waals surface area contributed by atoms with E-state index in [0.29, 0.717) is 30.3 Å². The Kier molecular flexibility index (Phi) is 5.79. The summed E-state index contributed by atoms with van der Waals surface area (Å²) in [4.78, 5) is 15.3. The first kappa shape index (κ1) is 19.0. The molecule has 0 bridgehead atoms. The van der Waals surface area contributed by atoms with Crippen molar-refractivity contribution in [2.45, 2.75) is 44.7 Å². The summed E-state index contributed by atoms with van der Waals surface area (Å²) in [6.45, 7) is 0.743. The number of benzene rings is 1. The van der Waals surface area contributed by atoms with Gasteiger partial charge in [0, 0.05) is 18.1 Å². The van der Waals surface area contributed by atoms with Crippen molar-refractivity contribution < 1.29 is 0 Å². The smallest absolute Gasteiger partial charge is 0.261 e. The zero-order chi connectivity index (χ0) is 20.1. The number of aromatic nitrogens is 3. The molecule has 4 rings (SSSR count). The number of anilines is 2. The molecule has 0 amide bonds. The maximum atomic E-state index is 12.6. The standard InChI is InChI=1S/C21H25N7O/c22-10-12-24-25-14-15-5-4-6-16(13-15)26-20-19-18(9-11-23-21(19)29)28(27-20)17-7-2-1-3-8-17/h4-6,9-11,13,17,22H,1-3,7-8,12,14H2,(H,23,29)(H,26,27). The van der Waals surface area contributed by atoms with Gasteiger partial charge in [0.2, 0.25) is 0 Å². The fraction of sp³-hybridized carbons (Fsp3) is 0.381. The molecule has 1 aliphatic rings. The van der Waals surface area contributed by atoms with Crippen LogP contribution >= 0.6 is 0 Å². The monoisotopic (exact) mass is 391 g/mol. The Bertz CT molecular complexity index is 1080. The van der Waals surface area contributed by atoms with Gasteiger partial charge in [-0.3, -0.25) is 9.48 Å². The van der Waals surface area contributed by atoms with E-state index in [4.69, 9.17) is 10.5 Å². The Labute approximate surface area is 168 Å². The molecule has 150 valence electrons. The van der Waals surface area contributed by atoms with E-state index in [-0.39, 0.29) is 5.56 Å². The summed E-state index contributed by atoms with van der Waals surface area (Å²) in [6, 6.07) is 10.1. The largest absolute Gasteiger partial charge is 0.338 e. The summed E-state index contributed by atoms with van der Waals surface area (Å²) in [5, 5.41) is 23.7. The van der Waals surface area contributed by atoms with Crippen LogP contribution in [0.25, 0.3) is 10.9 Å². The number of hydrogen-bond donors (Lipinski definition) is 3. The second-order valence-corrected chi connectivity index (χ2v) is 7.31. The van der Waals surface area contributed by atoms with Gasteiger partial charge in [-0.05, 0) is 36.6 Å². The molecule has 1 saturated carbocycles. The van der Waals surface area contributed by atoms with Crippen LogP contribution in [0, 0.1) is 5.41 Å². The highest BCUT2D eigenvalue weighted by Gasteiger charge is 2.22. The summed E-state index contributed by atoms with van der Waals surface area (Å²) >= 11 is 0. The van der Waals surface area contributed by atoms with Crippen LogP contribution in [-0.2, 0) is 6.54 Å². The molecule has 1 aliphatic carbocycles. The van der Waals surface area contributed by atoms with Gasteiger partial charge in [-0.2, -0.15) is 15.3 Å². The lowest BCUT2D eigenvalue weighted by Crippen LogP contribution is -2.14. The summed E-state index contributed by atoms with van der Waals surface area (Å²) in [5.74, 6) is 0.579. The number of nitrogens with one attached hydrogen (secondary N) is 3. The highest BCUT2D eigenvalue weighted by molar-refractivity contribution is 5.91. The topological polar surface area (TPSA) is 111 Å². The van der Waals surface area contributed by atoms with Crippen molar-refractivity contribution in [3.63, 3.8) is 0 Å². The Morgan fingerprint density at radius 3 is 2.93 bits per heavy atom. The Morgan fingerprint density at radius 2 is 2.10 bits per heavy atom. The number of nitrogens with zero attached hydrogens (tertiary/aromatic N) is 4. The van der Waals surface area contributed by atoms with E-state index in [1.165, 1.54) is 25.5 Å². The molecular formula is C21H25N7O. The van der Waals surface area contributed by atoms with Gasteiger partial charge in [0.15, 0.2) is 5.82 Å². The normalized spacial score (nSPS) is 15.2. The van der Waals surface area contributed by atoms with Crippen molar-refractivity contribution in [3.8, 4) is 0 Å². The number of azo groups is 1. The molecule has 0 saturated heterocycles. The highest BCUT2D eigenvalue weighted by Crippen LogP contribution is 2.32. The van der Waals surface area contributed by atoms with Crippen LogP contribution in [0.15, 0.2) is 51.6 Å². The van der Waals surface area contributed by atoms with Crippen LogP contribution in [0.3, 0.4) is 0 Å². The van der Waals surface area contributed by atoms with Crippen molar-refractivity contribution in [2.24, 2.45) is 10.2 Å².